The molecule has 0 saturated carbocycles. The number of hydrogen-bond acceptors (Lipinski definition) is 5. The first-order valence-electron chi connectivity index (χ1n) is 5.81. The second-order valence-corrected chi connectivity index (χ2v) is 4.74. The highest BCUT2D eigenvalue weighted by atomic mass is 16.4. The predicted molar refractivity (Wildman–Crippen MR) is 63.8 cm³/mol. The Labute approximate surface area is 96.8 Å². The van der Waals surface area contributed by atoms with Gasteiger partial charge in [-0.1, -0.05) is 32.8 Å². The molecule has 92 valence electrons. The Morgan fingerprint density at radius 3 is 2.25 bits per heavy atom. The molecule has 1 aromatic heterocycles. The summed E-state index contributed by atoms with van der Waals surface area (Å²) in [6.45, 7) is 10.0. The quantitative estimate of drug-likeness (QED) is 0.774. The number of aromatic nitrogens is 2. The summed E-state index contributed by atoms with van der Waals surface area (Å²) in [5.74, 6) is 2.31. The van der Waals surface area contributed by atoms with E-state index in [9.17, 15) is 0 Å². The van der Waals surface area contributed by atoms with Crippen molar-refractivity contribution in [2.45, 2.75) is 34.2 Å². The summed E-state index contributed by atoms with van der Waals surface area (Å²) in [6, 6.07) is 0.465. The molecule has 0 aromatic carbocycles. The molecule has 0 aliphatic heterocycles. The number of nitrogens with two attached hydrogens (primary N) is 1. The van der Waals surface area contributed by atoms with E-state index in [1.165, 1.54) is 0 Å². The molecular formula is C11H22N4O. The molecular weight excluding hydrogens is 204 g/mol. The van der Waals surface area contributed by atoms with Crippen molar-refractivity contribution in [1.82, 2.24) is 10.2 Å². The van der Waals surface area contributed by atoms with Crippen LogP contribution in [0.3, 0.4) is 0 Å². The van der Waals surface area contributed by atoms with Gasteiger partial charge in [0.15, 0.2) is 0 Å². The molecule has 5 nitrogen and oxygen atoms in total. The maximum atomic E-state index is 5.39. The van der Waals surface area contributed by atoms with Crippen LogP contribution in [0.25, 0.3) is 0 Å². The summed E-state index contributed by atoms with van der Waals surface area (Å²) in [5, 5.41) is 10.8. The summed E-state index contributed by atoms with van der Waals surface area (Å²) in [4.78, 5) is 0. The molecule has 0 radical (unpaired) electrons. The zero-order valence-electron chi connectivity index (χ0n) is 10.5. The molecule has 16 heavy (non-hydrogen) atoms. The number of nitrogens with one attached hydrogen (secondary N) is 1. The third kappa shape index (κ3) is 3.48. The normalized spacial score (nSPS) is 11.8. The van der Waals surface area contributed by atoms with E-state index in [1.807, 2.05) is 0 Å². The van der Waals surface area contributed by atoms with Crippen LogP contribution < -0.4 is 11.1 Å². The minimum Gasteiger partial charge on any atom is -0.407 e. The van der Waals surface area contributed by atoms with Crippen molar-refractivity contribution in [1.29, 1.82) is 0 Å². The maximum absolute atomic E-state index is 5.39. The van der Waals surface area contributed by atoms with Crippen molar-refractivity contribution in [3.63, 3.8) is 0 Å². The minimum absolute atomic E-state index is 0.284. The van der Waals surface area contributed by atoms with Gasteiger partial charge in [-0.2, -0.15) is 0 Å². The van der Waals surface area contributed by atoms with Gasteiger partial charge in [0.05, 0.1) is 6.54 Å². The number of anilines is 1. The largest absolute Gasteiger partial charge is 0.407 e. The van der Waals surface area contributed by atoms with Crippen LogP contribution in [0.4, 0.5) is 6.01 Å². The van der Waals surface area contributed by atoms with Gasteiger partial charge in [-0.3, -0.25) is 0 Å². The van der Waals surface area contributed by atoms with Crippen LogP contribution in [-0.4, -0.2) is 16.7 Å². The zero-order chi connectivity index (χ0) is 12.1. The molecule has 0 spiro atoms. The van der Waals surface area contributed by atoms with Crippen LogP contribution in [0.2, 0.25) is 0 Å². The number of rotatable bonds is 6. The van der Waals surface area contributed by atoms with E-state index in [0.717, 1.165) is 6.54 Å². The molecule has 0 aliphatic carbocycles. The highest BCUT2D eigenvalue weighted by Crippen LogP contribution is 2.20. The summed E-state index contributed by atoms with van der Waals surface area (Å²) in [7, 11) is 0. The van der Waals surface area contributed by atoms with Gasteiger partial charge in [-0.15, -0.1) is 5.10 Å². The Bertz CT molecular complexity index is 301. The Morgan fingerprint density at radius 1 is 1.19 bits per heavy atom. The average Bonchev–Trinajstić information content (AvgIpc) is 2.65. The zero-order valence-corrected chi connectivity index (χ0v) is 10.5. The fourth-order valence-electron chi connectivity index (χ4n) is 1.85. The second-order valence-electron chi connectivity index (χ2n) is 4.74. The Morgan fingerprint density at radius 2 is 1.81 bits per heavy atom. The van der Waals surface area contributed by atoms with Gasteiger partial charge in [0, 0.05) is 6.54 Å². The van der Waals surface area contributed by atoms with Crippen molar-refractivity contribution >= 4 is 6.01 Å². The maximum Gasteiger partial charge on any atom is 0.315 e. The first-order chi connectivity index (χ1) is 7.54. The molecule has 0 bridgehead atoms. The van der Waals surface area contributed by atoms with E-state index >= 15 is 0 Å². The lowest BCUT2D eigenvalue weighted by atomic mass is 9.85. The lowest BCUT2D eigenvalue weighted by Gasteiger charge is -2.24. The van der Waals surface area contributed by atoms with E-state index in [4.69, 9.17) is 10.2 Å². The van der Waals surface area contributed by atoms with Crippen molar-refractivity contribution in [2.75, 3.05) is 11.9 Å². The molecule has 0 saturated heterocycles. The smallest absolute Gasteiger partial charge is 0.315 e. The van der Waals surface area contributed by atoms with Gasteiger partial charge >= 0.3 is 6.01 Å². The highest BCUT2D eigenvalue weighted by molar-refractivity contribution is 5.16. The fraction of sp³-hybridized carbons (Fsp3) is 0.818. The Hall–Kier alpha value is -1.10. The topological polar surface area (TPSA) is 77.0 Å². The van der Waals surface area contributed by atoms with Crippen LogP contribution in [0.15, 0.2) is 4.42 Å². The molecule has 3 N–H and O–H groups in total. The number of hydrogen-bond donors (Lipinski definition) is 2. The van der Waals surface area contributed by atoms with E-state index in [1.54, 1.807) is 0 Å². The molecule has 0 fully saturated rings. The van der Waals surface area contributed by atoms with E-state index < -0.39 is 0 Å². The third-order valence-corrected chi connectivity index (χ3v) is 2.84. The predicted octanol–water partition coefficient (Wildman–Crippen LogP) is 1.87. The summed E-state index contributed by atoms with van der Waals surface area (Å²) < 4.78 is 5.28. The Balaban J connectivity index is 2.48. The van der Waals surface area contributed by atoms with Gasteiger partial charge in [0.2, 0.25) is 5.89 Å². The van der Waals surface area contributed by atoms with Gasteiger partial charge in [0.1, 0.15) is 0 Å². The van der Waals surface area contributed by atoms with Crippen molar-refractivity contribution in [2.24, 2.45) is 23.5 Å². The SMILES string of the molecule is CC(C)C(CNc1nnc(CN)o1)C(C)C. The molecule has 5 heteroatoms. The fourth-order valence-corrected chi connectivity index (χ4v) is 1.85. The lowest BCUT2D eigenvalue weighted by molar-refractivity contribution is 0.302. The van der Waals surface area contributed by atoms with Gasteiger partial charge < -0.3 is 15.5 Å². The van der Waals surface area contributed by atoms with Crippen LogP contribution in [0.1, 0.15) is 33.6 Å². The molecule has 1 aromatic rings. The van der Waals surface area contributed by atoms with Crippen molar-refractivity contribution < 1.29 is 4.42 Å². The minimum atomic E-state index is 0.284. The summed E-state index contributed by atoms with van der Waals surface area (Å²) >= 11 is 0. The molecule has 0 aliphatic rings. The first kappa shape index (κ1) is 13.0. The lowest BCUT2D eigenvalue weighted by Crippen LogP contribution is -2.24. The summed E-state index contributed by atoms with van der Waals surface area (Å²) in [6.07, 6.45) is 0. The highest BCUT2D eigenvalue weighted by Gasteiger charge is 2.18. The molecule has 1 heterocycles. The average molecular weight is 226 g/mol. The van der Waals surface area contributed by atoms with Crippen LogP contribution >= 0.6 is 0 Å². The third-order valence-electron chi connectivity index (χ3n) is 2.84. The first-order valence-corrected chi connectivity index (χ1v) is 5.81. The van der Waals surface area contributed by atoms with E-state index in [-0.39, 0.29) is 6.54 Å². The van der Waals surface area contributed by atoms with E-state index in [0.29, 0.717) is 29.7 Å². The second kappa shape index (κ2) is 5.84. The van der Waals surface area contributed by atoms with Crippen molar-refractivity contribution in [3.8, 4) is 0 Å². The molecule has 0 amide bonds. The molecule has 0 unspecified atom stereocenters. The number of nitrogens with zero attached hydrogens (tertiary/aromatic N) is 2. The van der Waals surface area contributed by atoms with Gasteiger partial charge in [0.25, 0.3) is 0 Å². The van der Waals surface area contributed by atoms with Gasteiger partial charge in [-0.05, 0) is 17.8 Å². The van der Waals surface area contributed by atoms with Crippen LogP contribution in [-0.2, 0) is 6.54 Å². The van der Waals surface area contributed by atoms with E-state index in [2.05, 4.69) is 43.2 Å². The van der Waals surface area contributed by atoms with Crippen LogP contribution in [0.5, 0.6) is 0 Å². The van der Waals surface area contributed by atoms with Gasteiger partial charge in [-0.25, -0.2) is 0 Å². The summed E-state index contributed by atoms with van der Waals surface area (Å²) in [5.41, 5.74) is 5.39. The standard InChI is InChI=1S/C11H22N4O/c1-7(2)9(8(3)4)6-13-11-15-14-10(5-12)16-11/h7-9H,5-6,12H2,1-4H3,(H,13,15). The molecule has 1 rings (SSSR count). The molecule has 0 atom stereocenters. The Kier molecular flexibility index (Phi) is 4.73. The van der Waals surface area contributed by atoms with Crippen molar-refractivity contribution in [3.05, 3.63) is 5.89 Å². The monoisotopic (exact) mass is 226 g/mol. The van der Waals surface area contributed by atoms with Crippen LogP contribution in [0, 0.1) is 17.8 Å².